The van der Waals surface area contributed by atoms with Crippen molar-refractivity contribution < 1.29 is 0 Å². The van der Waals surface area contributed by atoms with E-state index >= 15 is 0 Å². The molecule has 86 valence electrons. The highest BCUT2D eigenvalue weighted by atomic mass is 32.2. The van der Waals surface area contributed by atoms with Crippen molar-refractivity contribution in [3.8, 4) is 0 Å². The molecule has 1 heterocycles. The average molecular weight is 252 g/mol. The van der Waals surface area contributed by atoms with Crippen LogP contribution in [0, 0.1) is 5.92 Å². The van der Waals surface area contributed by atoms with Gasteiger partial charge in [0, 0.05) is 10.9 Å². The maximum Gasteiger partial charge on any atom is 0.151 e. The molecular weight excluding hydrogens is 236 g/mol. The maximum atomic E-state index is 5.75. The van der Waals surface area contributed by atoms with Crippen LogP contribution in [-0.4, -0.2) is 10.2 Å². The second kappa shape index (κ2) is 4.63. The normalized spacial score (nSPS) is 13.5. The van der Waals surface area contributed by atoms with Gasteiger partial charge in [-0.2, -0.15) is 0 Å². The fourth-order valence-electron chi connectivity index (χ4n) is 1.27. The minimum absolute atomic E-state index is 0.595. The van der Waals surface area contributed by atoms with E-state index in [0.29, 0.717) is 11.2 Å². The molecule has 0 aliphatic rings. The van der Waals surface area contributed by atoms with Gasteiger partial charge in [-0.1, -0.05) is 32.5 Å². The van der Waals surface area contributed by atoms with Gasteiger partial charge in [-0.15, -0.1) is 11.3 Å². The monoisotopic (exact) mass is 252 g/mol. The first-order valence-corrected chi connectivity index (χ1v) is 7.08. The largest absolute Gasteiger partial charge is 0.399 e. The van der Waals surface area contributed by atoms with E-state index in [1.165, 1.54) is 4.70 Å². The van der Waals surface area contributed by atoms with Crippen molar-refractivity contribution >= 4 is 39.0 Å². The first-order valence-electron chi connectivity index (χ1n) is 5.39. The fourth-order valence-corrected chi connectivity index (χ4v) is 3.67. The first kappa shape index (κ1) is 11.7. The molecule has 2 rings (SSSR count). The van der Waals surface area contributed by atoms with Crippen molar-refractivity contribution in [2.24, 2.45) is 5.92 Å². The number of nitrogen functional groups attached to an aromatic ring is 1. The topological polar surface area (TPSA) is 38.9 Å². The lowest BCUT2D eigenvalue weighted by atomic mass is 10.2. The number of rotatable bonds is 3. The number of hydrogen-bond acceptors (Lipinski definition) is 4. The molecule has 1 atom stereocenters. The van der Waals surface area contributed by atoms with Crippen LogP contribution in [0.2, 0.25) is 0 Å². The molecule has 0 bridgehead atoms. The lowest BCUT2D eigenvalue weighted by Gasteiger charge is -2.12. The van der Waals surface area contributed by atoms with Gasteiger partial charge in [0.05, 0.1) is 10.2 Å². The summed E-state index contributed by atoms with van der Waals surface area (Å²) in [4.78, 5) is 4.60. The Morgan fingerprint density at radius 1 is 1.31 bits per heavy atom. The predicted molar refractivity (Wildman–Crippen MR) is 74.2 cm³/mol. The van der Waals surface area contributed by atoms with Gasteiger partial charge in [0.2, 0.25) is 0 Å². The molecule has 0 aliphatic heterocycles. The predicted octanol–water partition coefficient (Wildman–Crippen LogP) is 4.02. The molecule has 2 nitrogen and oxygen atoms in total. The van der Waals surface area contributed by atoms with Crippen LogP contribution in [0.3, 0.4) is 0 Å². The second-order valence-corrected chi connectivity index (χ2v) is 6.93. The van der Waals surface area contributed by atoms with E-state index in [4.69, 9.17) is 5.73 Å². The lowest BCUT2D eigenvalue weighted by Crippen LogP contribution is -2.04. The van der Waals surface area contributed by atoms with Gasteiger partial charge in [0.15, 0.2) is 4.34 Å². The van der Waals surface area contributed by atoms with Crippen molar-refractivity contribution in [1.82, 2.24) is 4.98 Å². The molecule has 1 aromatic heterocycles. The molecule has 0 saturated heterocycles. The summed E-state index contributed by atoms with van der Waals surface area (Å²) in [5, 5.41) is 0.595. The number of hydrogen-bond donors (Lipinski definition) is 1. The number of anilines is 1. The Bertz CT molecular complexity index is 491. The molecule has 2 aromatic rings. The minimum Gasteiger partial charge on any atom is -0.399 e. The summed E-state index contributed by atoms with van der Waals surface area (Å²) in [5.41, 5.74) is 7.62. The molecule has 2 N–H and O–H groups in total. The van der Waals surface area contributed by atoms with E-state index in [2.05, 4.69) is 25.8 Å². The van der Waals surface area contributed by atoms with Crippen LogP contribution < -0.4 is 5.73 Å². The molecule has 16 heavy (non-hydrogen) atoms. The van der Waals surface area contributed by atoms with E-state index in [0.717, 1.165) is 15.5 Å². The zero-order valence-electron chi connectivity index (χ0n) is 9.73. The quantitative estimate of drug-likeness (QED) is 0.662. The molecule has 0 amide bonds. The summed E-state index contributed by atoms with van der Waals surface area (Å²) in [7, 11) is 0. The third-order valence-corrected chi connectivity index (χ3v) is 5.18. The van der Waals surface area contributed by atoms with Crippen molar-refractivity contribution in [1.29, 1.82) is 0 Å². The third kappa shape index (κ3) is 2.50. The highest BCUT2D eigenvalue weighted by Gasteiger charge is 2.12. The Hall–Kier alpha value is -0.740. The molecule has 0 spiro atoms. The summed E-state index contributed by atoms with van der Waals surface area (Å²) in [6, 6.07) is 5.89. The Kier molecular flexibility index (Phi) is 3.40. The van der Waals surface area contributed by atoms with Crippen LogP contribution in [-0.2, 0) is 0 Å². The van der Waals surface area contributed by atoms with Crippen molar-refractivity contribution in [3.63, 3.8) is 0 Å². The van der Waals surface area contributed by atoms with Crippen molar-refractivity contribution in [2.75, 3.05) is 5.73 Å². The van der Waals surface area contributed by atoms with Gasteiger partial charge in [-0.25, -0.2) is 4.98 Å². The zero-order chi connectivity index (χ0) is 11.7. The standard InChI is InChI=1S/C12H16N2S2/c1-7(2)8(3)15-12-14-10-5-4-9(13)6-11(10)16-12/h4-8H,13H2,1-3H3. The smallest absolute Gasteiger partial charge is 0.151 e. The molecule has 4 heteroatoms. The summed E-state index contributed by atoms with van der Waals surface area (Å²) in [5.74, 6) is 0.669. The number of nitrogens with two attached hydrogens (primary N) is 1. The van der Waals surface area contributed by atoms with Gasteiger partial charge >= 0.3 is 0 Å². The Morgan fingerprint density at radius 2 is 2.06 bits per heavy atom. The van der Waals surface area contributed by atoms with Crippen LogP contribution in [0.15, 0.2) is 22.5 Å². The van der Waals surface area contributed by atoms with Gasteiger partial charge in [0.1, 0.15) is 0 Å². The molecule has 0 aliphatic carbocycles. The van der Waals surface area contributed by atoms with E-state index in [1.54, 1.807) is 11.3 Å². The van der Waals surface area contributed by atoms with Gasteiger partial charge in [-0.3, -0.25) is 0 Å². The molecular formula is C12H16N2S2. The zero-order valence-corrected chi connectivity index (χ0v) is 11.4. The van der Waals surface area contributed by atoms with Crippen LogP contribution in [0.4, 0.5) is 5.69 Å². The SMILES string of the molecule is CC(C)C(C)Sc1nc2ccc(N)cc2s1. The number of nitrogens with zero attached hydrogens (tertiary/aromatic N) is 1. The summed E-state index contributed by atoms with van der Waals surface area (Å²) in [6.07, 6.45) is 0. The number of fused-ring (bicyclic) bond motifs is 1. The fraction of sp³-hybridized carbons (Fsp3) is 0.417. The van der Waals surface area contributed by atoms with Crippen LogP contribution in [0.5, 0.6) is 0 Å². The molecule has 0 fully saturated rings. The van der Waals surface area contributed by atoms with E-state index in [9.17, 15) is 0 Å². The molecule has 1 unspecified atom stereocenters. The number of thioether (sulfide) groups is 1. The average Bonchev–Trinajstić information content (AvgIpc) is 2.58. The number of thiazole rings is 1. The Balaban J connectivity index is 2.26. The summed E-state index contributed by atoms with van der Waals surface area (Å²) < 4.78 is 2.32. The van der Waals surface area contributed by atoms with Gasteiger partial charge < -0.3 is 5.73 Å². The van der Waals surface area contributed by atoms with E-state index in [1.807, 2.05) is 30.0 Å². The van der Waals surface area contributed by atoms with Crippen molar-refractivity contribution in [2.45, 2.75) is 30.4 Å². The third-order valence-electron chi connectivity index (χ3n) is 2.62. The van der Waals surface area contributed by atoms with Gasteiger partial charge in [-0.05, 0) is 24.1 Å². The summed E-state index contributed by atoms with van der Waals surface area (Å²) in [6.45, 7) is 6.72. The number of benzene rings is 1. The summed E-state index contributed by atoms with van der Waals surface area (Å²) >= 11 is 3.58. The second-order valence-electron chi connectivity index (χ2n) is 4.27. The first-order chi connectivity index (χ1) is 7.56. The van der Waals surface area contributed by atoms with Crippen molar-refractivity contribution in [3.05, 3.63) is 18.2 Å². The van der Waals surface area contributed by atoms with Crippen LogP contribution in [0.1, 0.15) is 20.8 Å². The molecule has 0 saturated carbocycles. The van der Waals surface area contributed by atoms with E-state index < -0.39 is 0 Å². The van der Waals surface area contributed by atoms with Crippen LogP contribution in [0.25, 0.3) is 10.2 Å². The Labute approximate surface area is 104 Å². The van der Waals surface area contributed by atoms with E-state index in [-0.39, 0.29) is 0 Å². The Morgan fingerprint density at radius 3 is 2.75 bits per heavy atom. The highest BCUT2D eigenvalue weighted by Crippen LogP contribution is 2.34. The molecule has 1 aromatic carbocycles. The highest BCUT2D eigenvalue weighted by molar-refractivity contribution is 8.01. The number of aromatic nitrogens is 1. The van der Waals surface area contributed by atoms with Crippen LogP contribution >= 0.6 is 23.1 Å². The lowest BCUT2D eigenvalue weighted by molar-refractivity contribution is 0.642. The maximum absolute atomic E-state index is 5.75. The molecule has 0 radical (unpaired) electrons. The minimum atomic E-state index is 0.595. The van der Waals surface area contributed by atoms with Gasteiger partial charge in [0.25, 0.3) is 0 Å².